The number of carbonyl (C=O) groups is 2. The summed E-state index contributed by atoms with van der Waals surface area (Å²) in [5, 5.41) is 0. The van der Waals surface area contributed by atoms with Gasteiger partial charge in [0.05, 0.1) is 19.8 Å². The van der Waals surface area contributed by atoms with Crippen molar-refractivity contribution in [1.29, 1.82) is 0 Å². The number of piperazine rings is 1. The van der Waals surface area contributed by atoms with Crippen LogP contribution in [0.2, 0.25) is 0 Å². The molecule has 2 heterocycles. The maximum absolute atomic E-state index is 13.5. The fourth-order valence-corrected chi connectivity index (χ4v) is 4.14. The molecule has 1 saturated heterocycles. The highest BCUT2D eigenvalue weighted by Crippen LogP contribution is 2.33. The van der Waals surface area contributed by atoms with E-state index < -0.39 is 0 Å². The van der Waals surface area contributed by atoms with Crippen LogP contribution in [0.25, 0.3) is 5.57 Å². The third-order valence-corrected chi connectivity index (χ3v) is 6.12. The zero-order valence-corrected chi connectivity index (χ0v) is 18.8. The van der Waals surface area contributed by atoms with Gasteiger partial charge in [0.1, 0.15) is 17.2 Å². The van der Waals surface area contributed by atoms with E-state index in [9.17, 15) is 9.59 Å². The predicted octanol–water partition coefficient (Wildman–Crippen LogP) is 2.27. The molecule has 0 atom stereocenters. The number of rotatable bonds is 7. The zero-order valence-electron chi connectivity index (χ0n) is 18.8. The van der Waals surface area contributed by atoms with Gasteiger partial charge in [0.15, 0.2) is 0 Å². The number of benzene rings is 2. The van der Waals surface area contributed by atoms with Crippen LogP contribution < -0.4 is 9.47 Å². The average Bonchev–Trinajstić information content (AvgIpc) is 3.08. The van der Waals surface area contributed by atoms with Gasteiger partial charge in [0, 0.05) is 32.7 Å². The smallest absolute Gasteiger partial charge is 0.277 e. The Kier molecular flexibility index (Phi) is 6.46. The number of likely N-dealkylation sites (N-methyl/N-ethyl adjacent to an activating group) is 1. The van der Waals surface area contributed by atoms with Crippen molar-refractivity contribution in [1.82, 2.24) is 14.7 Å². The number of nitrogens with zero attached hydrogens (tertiary/aromatic N) is 3. The first kappa shape index (κ1) is 21.9. The Bertz CT molecular complexity index is 1010. The molecule has 4 rings (SSSR count). The highest BCUT2D eigenvalue weighted by Gasteiger charge is 2.41. The lowest BCUT2D eigenvalue weighted by molar-refractivity contribution is -0.137. The summed E-state index contributed by atoms with van der Waals surface area (Å²) in [4.78, 5) is 32.6. The summed E-state index contributed by atoms with van der Waals surface area (Å²) < 4.78 is 10.5. The third-order valence-electron chi connectivity index (χ3n) is 6.12. The van der Waals surface area contributed by atoms with Gasteiger partial charge in [-0.05, 0) is 48.9 Å². The van der Waals surface area contributed by atoms with Gasteiger partial charge in [-0.15, -0.1) is 0 Å². The van der Waals surface area contributed by atoms with Crippen molar-refractivity contribution in [2.75, 3.05) is 54.0 Å². The molecule has 2 aliphatic heterocycles. The zero-order chi connectivity index (χ0) is 22.7. The van der Waals surface area contributed by atoms with E-state index in [2.05, 4.69) is 16.8 Å². The molecule has 168 valence electrons. The normalized spacial score (nSPS) is 17.3. The summed E-state index contributed by atoms with van der Waals surface area (Å²) in [7, 11) is 5.30. The molecule has 7 nitrogen and oxygen atoms in total. The SMILES string of the molecule is COc1ccc(CCN2C(=O)C(c3ccc(OC)cc3)=C(N3CCN(C)CC3)C2=O)cc1. The van der Waals surface area contributed by atoms with Crippen LogP contribution in [-0.4, -0.2) is 80.5 Å². The molecule has 7 heteroatoms. The van der Waals surface area contributed by atoms with Gasteiger partial charge in [-0.25, -0.2) is 0 Å². The second kappa shape index (κ2) is 9.44. The summed E-state index contributed by atoms with van der Waals surface area (Å²) in [5.74, 6) is 1.05. The van der Waals surface area contributed by atoms with E-state index >= 15 is 0 Å². The standard InChI is InChI=1S/C25H29N3O4/c1-26-14-16-27(17-15-26)23-22(19-6-10-21(32-3)11-7-19)24(29)28(25(23)30)13-12-18-4-8-20(31-2)9-5-18/h4-11H,12-17H2,1-3H3. The van der Waals surface area contributed by atoms with Gasteiger partial charge in [-0.3, -0.25) is 14.5 Å². The first-order valence-corrected chi connectivity index (χ1v) is 10.8. The van der Waals surface area contributed by atoms with Gasteiger partial charge in [-0.2, -0.15) is 0 Å². The molecule has 32 heavy (non-hydrogen) atoms. The highest BCUT2D eigenvalue weighted by atomic mass is 16.5. The molecule has 2 aromatic rings. The van der Waals surface area contributed by atoms with E-state index in [0.717, 1.165) is 43.1 Å². The minimum Gasteiger partial charge on any atom is -0.497 e. The van der Waals surface area contributed by atoms with Crippen LogP contribution in [0.15, 0.2) is 54.2 Å². The van der Waals surface area contributed by atoms with Gasteiger partial charge in [-0.1, -0.05) is 24.3 Å². The van der Waals surface area contributed by atoms with Gasteiger partial charge in [0.2, 0.25) is 0 Å². The van der Waals surface area contributed by atoms with Crippen LogP contribution in [-0.2, 0) is 16.0 Å². The summed E-state index contributed by atoms with van der Waals surface area (Å²) >= 11 is 0. The first-order chi connectivity index (χ1) is 15.5. The van der Waals surface area contributed by atoms with Crippen LogP contribution in [0.3, 0.4) is 0 Å². The Morgan fingerprint density at radius 3 is 1.91 bits per heavy atom. The first-order valence-electron chi connectivity index (χ1n) is 10.8. The van der Waals surface area contributed by atoms with Crippen molar-refractivity contribution in [3.05, 3.63) is 65.4 Å². The number of imide groups is 1. The van der Waals surface area contributed by atoms with Crippen molar-refractivity contribution >= 4 is 17.4 Å². The van der Waals surface area contributed by atoms with Crippen LogP contribution in [0.5, 0.6) is 11.5 Å². The number of methoxy groups -OCH3 is 2. The molecule has 0 saturated carbocycles. The molecule has 2 aromatic carbocycles. The van der Waals surface area contributed by atoms with Crippen LogP contribution in [0, 0.1) is 0 Å². The largest absolute Gasteiger partial charge is 0.497 e. The fourth-order valence-electron chi connectivity index (χ4n) is 4.14. The fraction of sp³-hybridized carbons (Fsp3) is 0.360. The second-order valence-electron chi connectivity index (χ2n) is 8.10. The van der Waals surface area contributed by atoms with Crippen LogP contribution in [0.1, 0.15) is 11.1 Å². The molecule has 1 fully saturated rings. The molecule has 0 unspecified atom stereocenters. The minimum atomic E-state index is -0.234. The average molecular weight is 436 g/mol. The summed E-state index contributed by atoms with van der Waals surface area (Å²) in [6.07, 6.45) is 0.591. The molecule has 0 aromatic heterocycles. The summed E-state index contributed by atoms with van der Waals surface area (Å²) in [6.45, 7) is 3.48. The van der Waals surface area contributed by atoms with Gasteiger partial charge >= 0.3 is 0 Å². The number of carbonyl (C=O) groups excluding carboxylic acids is 2. The van der Waals surface area contributed by atoms with Crippen LogP contribution in [0.4, 0.5) is 0 Å². The molecule has 2 amide bonds. The molecule has 0 bridgehead atoms. The topological polar surface area (TPSA) is 62.3 Å². The molecule has 0 radical (unpaired) electrons. The molecule has 2 aliphatic rings. The number of amides is 2. The quantitative estimate of drug-likeness (QED) is 0.622. The van der Waals surface area contributed by atoms with E-state index in [4.69, 9.17) is 9.47 Å². The van der Waals surface area contributed by atoms with E-state index in [-0.39, 0.29) is 11.8 Å². The van der Waals surface area contributed by atoms with E-state index in [1.165, 1.54) is 4.90 Å². The molecule has 0 aliphatic carbocycles. The minimum absolute atomic E-state index is 0.209. The Balaban J connectivity index is 1.61. The highest BCUT2D eigenvalue weighted by molar-refractivity contribution is 6.35. The molecular formula is C25H29N3O4. The third kappa shape index (κ3) is 4.34. The van der Waals surface area contributed by atoms with Crippen molar-refractivity contribution in [2.24, 2.45) is 0 Å². The van der Waals surface area contributed by atoms with Crippen LogP contribution >= 0.6 is 0 Å². The van der Waals surface area contributed by atoms with Gasteiger partial charge in [0.25, 0.3) is 11.8 Å². The molecule has 0 N–H and O–H groups in total. The Morgan fingerprint density at radius 1 is 0.781 bits per heavy atom. The Morgan fingerprint density at radius 2 is 1.34 bits per heavy atom. The maximum atomic E-state index is 13.5. The lowest BCUT2D eigenvalue weighted by Crippen LogP contribution is -2.46. The summed E-state index contributed by atoms with van der Waals surface area (Å²) in [6, 6.07) is 15.0. The monoisotopic (exact) mass is 435 g/mol. The van der Waals surface area contributed by atoms with Crippen molar-refractivity contribution < 1.29 is 19.1 Å². The Labute approximate surface area is 188 Å². The summed E-state index contributed by atoms with van der Waals surface area (Å²) in [5.41, 5.74) is 2.79. The van der Waals surface area contributed by atoms with E-state index in [1.807, 2.05) is 48.5 Å². The lowest BCUT2D eigenvalue weighted by Gasteiger charge is -2.34. The van der Waals surface area contributed by atoms with Gasteiger partial charge < -0.3 is 19.3 Å². The maximum Gasteiger partial charge on any atom is 0.277 e. The van der Waals surface area contributed by atoms with E-state index in [1.54, 1.807) is 14.2 Å². The predicted molar refractivity (Wildman–Crippen MR) is 122 cm³/mol. The van der Waals surface area contributed by atoms with Crippen molar-refractivity contribution in [3.63, 3.8) is 0 Å². The van der Waals surface area contributed by atoms with E-state index in [0.29, 0.717) is 30.0 Å². The number of hydrogen-bond donors (Lipinski definition) is 0. The number of ether oxygens (including phenoxy) is 2. The lowest BCUT2D eigenvalue weighted by atomic mass is 10.0. The molecule has 0 spiro atoms. The van der Waals surface area contributed by atoms with Crippen molar-refractivity contribution in [2.45, 2.75) is 6.42 Å². The number of hydrogen-bond acceptors (Lipinski definition) is 6. The van der Waals surface area contributed by atoms with Crippen molar-refractivity contribution in [3.8, 4) is 11.5 Å². The second-order valence-corrected chi connectivity index (χ2v) is 8.10. The molecular weight excluding hydrogens is 406 g/mol. The Hall–Kier alpha value is -3.32.